The molecule has 0 amide bonds. The van der Waals surface area contributed by atoms with Gasteiger partial charge in [0, 0.05) is 15.1 Å². The molecule has 1 aliphatic rings. The number of carbonyl (C=O) groups is 1. The van der Waals surface area contributed by atoms with Crippen LogP contribution < -0.4 is 0 Å². The predicted molar refractivity (Wildman–Crippen MR) is 87.6 cm³/mol. The molecule has 0 atom stereocenters. The van der Waals surface area contributed by atoms with E-state index in [0.717, 1.165) is 15.6 Å². The lowest BCUT2D eigenvalue weighted by Crippen LogP contribution is -1.97. The number of hydrogen-bond donors (Lipinski definition) is 0. The molecule has 0 unspecified atom stereocenters. The second kappa shape index (κ2) is 5.88. The van der Waals surface area contributed by atoms with E-state index in [9.17, 15) is 4.79 Å². The Morgan fingerprint density at radius 2 is 1.76 bits per heavy atom. The zero-order valence-electron chi connectivity index (χ0n) is 10.8. The molecule has 0 N–H and O–H groups in total. The van der Waals surface area contributed by atoms with E-state index < -0.39 is 0 Å². The molecule has 2 aromatic carbocycles. The van der Waals surface area contributed by atoms with Crippen LogP contribution in [0.4, 0.5) is 0 Å². The second-order valence-corrected chi connectivity index (χ2v) is 5.85. The lowest BCUT2D eigenvalue weighted by molar-refractivity contribution is -0.130. The van der Waals surface area contributed by atoms with Crippen LogP contribution in [-0.4, -0.2) is 5.97 Å². The molecular formula is C17H10BrClO2. The van der Waals surface area contributed by atoms with Gasteiger partial charge >= 0.3 is 5.97 Å². The van der Waals surface area contributed by atoms with Crippen LogP contribution in [0.3, 0.4) is 0 Å². The van der Waals surface area contributed by atoms with E-state index in [1.807, 2.05) is 42.5 Å². The van der Waals surface area contributed by atoms with E-state index in [4.69, 9.17) is 16.3 Å². The van der Waals surface area contributed by atoms with Gasteiger partial charge in [0.15, 0.2) is 0 Å². The Balaban J connectivity index is 1.96. The number of carbonyl (C=O) groups excluding carboxylic acids is 1. The van der Waals surface area contributed by atoms with Crippen molar-refractivity contribution in [1.82, 2.24) is 0 Å². The van der Waals surface area contributed by atoms with Crippen LogP contribution in [0.2, 0.25) is 5.02 Å². The van der Waals surface area contributed by atoms with Crippen LogP contribution in [0.1, 0.15) is 11.1 Å². The molecule has 104 valence electrons. The van der Waals surface area contributed by atoms with Crippen molar-refractivity contribution in [2.24, 2.45) is 0 Å². The van der Waals surface area contributed by atoms with Gasteiger partial charge in [0.2, 0.25) is 0 Å². The third-order valence-electron chi connectivity index (χ3n) is 3.07. The Kier molecular flexibility index (Phi) is 3.95. The summed E-state index contributed by atoms with van der Waals surface area (Å²) in [5, 5.41) is 0.600. The summed E-state index contributed by atoms with van der Waals surface area (Å²) in [5.41, 5.74) is 2.13. The quantitative estimate of drug-likeness (QED) is 0.550. The van der Waals surface area contributed by atoms with Crippen LogP contribution in [0.25, 0.3) is 11.8 Å². The zero-order valence-corrected chi connectivity index (χ0v) is 13.2. The van der Waals surface area contributed by atoms with Gasteiger partial charge in [-0.1, -0.05) is 57.9 Å². The van der Waals surface area contributed by atoms with Gasteiger partial charge in [-0.3, -0.25) is 0 Å². The van der Waals surface area contributed by atoms with Crippen LogP contribution in [-0.2, 0) is 9.53 Å². The van der Waals surface area contributed by atoms with Gasteiger partial charge in [-0.15, -0.1) is 0 Å². The summed E-state index contributed by atoms with van der Waals surface area (Å²) in [5.74, 6) is 0.179. The summed E-state index contributed by atoms with van der Waals surface area (Å²) in [6.45, 7) is 0. The van der Waals surface area contributed by atoms with Crippen molar-refractivity contribution >= 4 is 45.3 Å². The van der Waals surface area contributed by atoms with E-state index in [2.05, 4.69) is 15.9 Å². The van der Waals surface area contributed by atoms with Gasteiger partial charge in [-0.25, -0.2) is 4.79 Å². The summed E-state index contributed by atoms with van der Waals surface area (Å²) in [6.07, 6.45) is 3.46. The lowest BCUT2D eigenvalue weighted by Gasteiger charge is -2.01. The van der Waals surface area contributed by atoms with Crippen molar-refractivity contribution in [3.05, 3.63) is 80.8 Å². The van der Waals surface area contributed by atoms with Crippen molar-refractivity contribution in [3.63, 3.8) is 0 Å². The fourth-order valence-corrected chi connectivity index (χ4v) is 2.46. The first-order chi connectivity index (χ1) is 10.1. The fraction of sp³-hybridized carbons (Fsp3) is 0. The maximum atomic E-state index is 11.9. The molecule has 21 heavy (non-hydrogen) atoms. The number of benzene rings is 2. The fourth-order valence-electron chi connectivity index (χ4n) is 2.01. The molecule has 2 nitrogen and oxygen atoms in total. The highest BCUT2D eigenvalue weighted by Gasteiger charge is 2.22. The minimum absolute atomic E-state index is 0.368. The third-order valence-corrected chi connectivity index (χ3v) is 3.94. The Morgan fingerprint density at radius 1 is 1.05 bits per heavy atom. The molecule has 1 aliphatic heterocycles. The van der Waals surface area contributed by atoms with Crippen molar-refractivity contribution in [1.29, 1.82) is 0 Å². The van der Waals surface area contributed by atoms with Crippen LogP contribution in [0.5, 0.6) is 0 Å². The van der Waals surface area contributed by atoms with E-state index >= 15 is 0 Å². The van der Waals surface area contributed by atoms with Crippen LogP contribution in [0, 0.1) is 0 Å². The lowest BCUT2D eigenvalue weighted by atomic mass is 10.1. The van der Waals surface area contributed by atoms with Gasteiger partial charge in [0.1, 0.15) is 5.76 Å². The summed E-state index contributed by atoms with van der Waals surface area (Å²) in [4.78, 5) is 11.9. The average Bonchev–Trinajstić information content (AvgIpc) is 2.83. The van der Waals surface area contributed by atoms with E-state index in [0.29, 0.717) is 16.4 Å². The van der Waals surface area contributed by atoms with E-state index in [1.54, 1.807) is 18.2 Å². The smallest absolute Gasteiger partial charge is 0.343 e. The van der Waals surface area contributed by atoms with Gasteiger partial charge in [0.25, 0.3) is 0 Å². The molecule has 0 bridgehead atoms. The van der Waals surface area contributed by atoms with Crippen molar-refractivity contribution in [2.45, 2.75) is 0 Å². The Bertz CT molecular complexity index is 761. The van der Waals surface area contributed by atoms with Crippen molar-refractivity contribution in [2.75, 3.05) is 0 Å². The topological polar surface area (TPSA) is 26.3 Å². The molecule has 0 radical (unpaired) electrons. The minimum atomic E-state index is -0.368. The molecule has 0 fully saturated rings. The van der Waals surface area contributed by atoms with Crippen molar-refractivity contribution in [3.8, 4) is 0 Å². The van der Waals surface area contributed by atoms with E-state index in [-0.39, 0.29) is 5.97 Å². The molecule has 0 saturated carbocycles. The zero-order chi connectivity index (χ0) is 14.8. The molecule has 0 saturated heterocycles. The highest BCUT2D eigenvalue weighted by molar-refractivity contribution is 9.10. The molecule has 3 rings (SSSR count). The average molecular weight is 362 g/mol. The SMILES string of the molecule is O=C1OC(c2ccc(Br)cc2)=C/C1=C/c1ccccc1Cl. The molecule has 0 spiro atoms. The summed E-state index contributed by atoms with van der Waals surface area (Å²) < 4.78 is 6.28. The van der Waals surface area contributed by atoms with Gasteiger partial charge < -0.3 is 4.74 Å². The first kappa shape index (κ1) is 14.1. The van der Waals surface area contributed by atoms with E-state index in [1.165, 1.54) is 0 Å². The van der Waals surface area contributed by atoms with Gasteiger partial charge in [0.05, 0.1) is 5.57 Å². The summed E-state index contributed by atoms with van der Waals surface area (Å²) in [6, 6.07) is 14.9. The largest absolute Gasteiger partial charge is 0.422 e. The summed E-state index contributed by atoms with van der Waals surface area (Å²) >= 11 is 9.48. The van der Waals surface area contributed by atoms with Gasteiger partial charge in [-0.2, -0.15) is 0 Å². The second-order valence-electron chi connectivity index (χ2n) is 4.53. The maximum Gasteiger partial charge on any atom is 0.343 e. The number of esters is 1. The minimum Gasteiger partial charge on any atom is -0.422 e. The number of rotatable bonds is 2. The first-order valence-corrected chi connectivity index (χ1v) is 7.46. The Morgan fingerprint density at radius 3 is 2.48 bits per heavy atom. The first-order valence-electron chi connectivity index (χ1n) is 6.29. The predicted octanol–water partition coefficient (Wildman–Crippen LogP) is 5.08. The standard InChI is InChI=1S/C17H10BrClO2/c18-14-7-5-11(6-8-14)16-10-13(17(20)21-16)9-12-3-1-2-4-15(12)19/h1-10H/b13-9-. The number of cyclic esters (lactones) is 1. The highest BCUT2D eigenvalue weighted by Crippen LogP contribution is 2.29. The Hall–Kier alpha value is -1.84. The molecule has 2 aromatic rings. The van der Waals surface area contributed by atoms with Crippen LogP contribution >= 0.6 is 27.5 Å². The van der Waals surface area contributed by atoms with Crippen LogP contribution in [0.15, 0.2) is 64.7 Å². The molecule has 4 heteroatoms. The summed E-state index contributed by atoms with van der Waals surface area (Å²) in [7, 11) is 0. The number of ether oxygens (including phenoxy) is 1. The highest BCUT2D eigenvalue weighted by atomic mass is 79.9. The number of halogens is 2. The monoisotopic (exact) mass is 360 g/mol. The third kappa shape index (κ3) is 3.09. The normalized spacial score (nSPS) is 16.0. The number of hydrogen-bond acceptors (Lipinski definition) is 2. The molecule has 0 aromatic heterocycles. The Labute approximate surface area is 135 Å². The maximum absolute atomic E-state index is 11.9. The van der Waals surface area contributed by atoms with Crippen molar-refractivity contribution < 1.29 is 9.53 Å². The molecular weight excluding hydrogens is 352 g/mol. The molecule has 1 heterocycles. The van der Waals surface area contributed by atoms with Gasteiger partial charge in [-0.05, 0) is 35.9 Å². The molecule has 0 aliphatic carbocycles.